The van der Waals surface area contributed by atoms with E-state index in [4.69, 9.17) is 4.74 Å². The van der Waals surface area contributed by atoms with Crippen molar-refractivity contribution in [3.05, 3.63) is 0 Å². The first-order valence-electron chi connectivity index (χ1n) is 6.98. The zero-order valence-corrected chi connectivity index (χ0v) is 13.5. The molecular formula is C13H28N2O2Si. The second-order valence-corrected chi connectivity index (χ2v) is 11.1. The zero-order chi connectivity index (χ0) is 13.8. The Hall–Kier alpha value is -0.393. The molecule has 0 aromatic rings. The monoisotopic (exact) mass is 272 g/mol. The Kier molecular flexibility index (Phi) is 5.81. The summed E-state index contributed by atoms with van der Waals surface area (Å²) < 4.78 is 7.67. The van der Waals surface area contributed by atoms with Gasteiger partial charge in [0.2, 0.25) is 0 Å². The molecule has 5 heteroatoms. The van der Waals surface area contributed by atoms with Crippen LogP contribution in [0.1, 0.15) is 20.3 Å². The molecule has 1 atom stereocenters. The van der Waals surface area contributed by atoms with Gasteiger partial charge in [0.25, 0.3) is 0 Å². The Morgan fingerprint density at radius 3 is 2.56 bits per heavy atom. The predicted octanol–water partition coefficient (Wildman–Crippen LogP) is 1.99. The molecule has 1 unspecified atom stereocenters. The van der Waals surface area contributed by atoms with Crippen molar-refractivity contribution in [3.8, 4) is 0 Å². The highest BCUT2D eigenvalue weighted by atomic mass is 28.3. The van der Waals surface area contributed by atoms with Gasteiger partial charge in [-0.3, -0.25) is 9.69 Å². The van der Waals surface area contributed by atoms with Crippen LogP contribution in [0.2, 0.25) is 19.6 Å². The summed E-state index contributed by atoms with van der Waals surface area (Å²) in [6, 6.07) is 0. The molecular weight excluding hydrogens is 244 g/mol. The molecule has 1 aliphatic heterocycles. The van der Waals surface area contributed by atoms with Crippen LogP contribution in [-0.2, 0) is 9.53 Å². The third kappa shape index (κ3) is 4.70. The van der Waals surface area contributed by atoms with E-state index < -0.39 is 8.24 Å². The summed E-state index contributed by atoms with van der Waals surface area (Å²) in [5.41, 5.74) is 0. The van der Waals surface area contributed by atoms with Crippen molar-refractivity contribution in [1.29, 1.82) is 0 Å². The number of esters is 1. The number of hydrogen-bond donors (Lipinski definition) is 0. The average Bonchev–Trinajstić information content (AvgIpc) is 2.28. The minimum Gasteiger partial charge on any atom is -0.466 e. The summed E-state index contributed by atoms with van der Waals surface area (Å²) in [4.78, 5) is 14.0. The van der Waals surface area contributed by atoms with Crippen molar-refractivity contribution in [2.45, 2.75) is 39.9 Å². The minimum atomic E-state index is -1.22. The van der Waals surface area contributed by atoms with Crippen LogP contribution in [0.3, 0.4) is 0 Å². The van der Waals surface area contributed by atoms with Crippen molar-refractivity contribution in [2.24, 2.45) is 5.92 Å². The van der Waals surface area contributed by atoms with E-state index in [2.05, 4.69) is 29.1 Å². The lowest BCUT2D eigenvalue weighted by atomic mass is 10.1. The molecule has 0 spiro atoms. The molecule has 106 valence electrons. The molecule has 1 rings (SSSR count). The third-order valence-corrected chi connectivity index (χ3v) is 5.71. The van der Waals surface area contributed by atoms with Crippen LogP contribution in [0.15, 0.2) is 0 Å². The predicted molar refractivity (Wildman–Crippen MR) is 76.9 cm³/mol. The normalized spacial score (nSPS) is 20.7. The second kappa shape index (κ2) is 6.68. The van der Waals surface area contributed by atoms with E-state index in [0.29, 0.717) is 6.61 Å². The van der Waals surface area contributed by atoms with Gasteiger partial charge in [-0.25, -0.2) is 0 Å². The van der Waals surface area contributed by atoms with E-state index in [1.807, 2.05) is 13.8 Å². The molecule has 0 saturated carbocycles. The largest absolute Gasteiger partial charge is 0.466 e. The van der Waals surface area contributed by atoms with Crippen molar-refractivity contribution < 1.29 is 9.53 Å². The van der Waals surface area contributed by atoms with Crippen LogP contribution in [0.5, 0.6) is 0 Å². The van der Waals surface area contributed by atoms with Crippen LogP contribution < -0.4 is 0 Å². The minimum absolute atomic E-state index is 0.0217. The van der Waals surface area contributed by atoms with Crippen molar-refractivity contribution in [2.75, 3.05) is 32.9 Å². The van der Waals surface area contributed by atoms with Crippen LogP contribution in [-0.4, -0.2) is 56.6 Å². The van der Waals surface area contributed by atoms with Crippen molar-refractivity contribution >= 4 is 14.2 Å². The first kappa shape index (κ1) is 15.7. The molecule has 0 N–H and O–H groups in total. The van der Waals surface area contributed by atoms with Gasteiger partial charge in [-0.15, -0.1) is 0 Å². The SMILES string of the molecule is CCOC(=O)C(C)CN1CCCN([Si](C)(C)C)C1. The van der Waals surface area contributed by atoms with E-state index in [9.17, 15) is 4.79 Å². The van der Waals surface area contributed by atoms with E-state index in [0.717, 1.165) is 19.8 Å². The van der Waals surface area contributed by atoms with Gasteiger partial charge in [-0.2, -0.15) is 0 Å². The highest BCUT2D eigenvalue weighted by molar-refractivity contribution is 6.73. The maximum atomic E-state index is 11.6. The lowest BCUT2D eigenvalue weighted by molar-refractivity contribution is -0.148. The van der Waals surface area contributed by atoms with Crippen LogP contribution in [0.4, 0.5) is 0 Å². The van der Waals surface area contributed by atoms with Crippen LogP contribution in [0, 0.1) is 5.92 Å². The highest BCUT2D eigenvalue weighted by Gasteiger charge is 2.29. The summed E-state index contributed by atoms with van der Waals surface area (Å²) in [5, 5.41) is 0. The fourth-order valence-electron chi connectivity index (χ4n) is 2.31. The van der Waals surface area contributed by atoms with Gasteiger partial charge >= 0.3 is 5.97 Å². The number of hydrogen-bond acceptors (Lipinski definition) is 4. The Balaban J connectivity index is 2.45. The molecule has 1 heterocycles. The Bertz CT molecular complexity index is 279. The first-order chi connectivity index (χ1) is 8.34. The quantitative estimate of drug-likeness (QED) is 0.566. The fraction of sp³-hybridized carbons (Fsp3) is 0.923. The first-order valence-corrected chi connectivity index (χ1v) is 10.4. The average molecular weight is 272 g/mol. The number of carbonyl (C=O) groups is 1. The Labute approximate surface area is 112 Å². The number of rotatable bonds is 5. The Morgan fingerprint density at radius 1 is 1.33 bits per heavy atom. The summed E-state index contributed by atoms with van der Waals surface area (Å²) in [6.45, 7) is 15.6. The lowest BCUT2D eigenvalue weighted by Crippen LogP contribution is -2.56. The van der Waals surface area contributed by atoms with E-state index in [1.54, 1.807) is 0 Å². The van der Waals surface area contributed by atoms with E-state index in [1.165, 1.54) is 13.0 Å². The van der Waals surface area contributed by atoms with Crippen molar-refractivity contribution in [1.82, 2.24) is 9.47 Å². The fourth-order valence-corrected chi connectivity index (χ4v) is 3.76. The molecule has 1 fully saturated rings. The van der Waals surface area contributed by atoms with E-state index in [-0.39, 0.29) is 11.9 Å². The van der Waals surface area contributed by atoms with E-state index >= 15 is 0 Å². The molecule has 0 bridgehead atoms. The van der Waals surface area contributed by atoms with Gasteiger partial charge in [0.15, 0.2) is 0 Å². The molecule has 1 aliphatic rings. The molecule has 0 aliphatic carbocycles. The van der Waals surface area contributed by atoms with Gasteiger partial charge < -0.3 is 9.30 Å². The smallest absolute Gasteiger partial charge is 0.309 e. The van der Waals surface area contributed by atoms with Gasteiger partial charge in [0.05, 0.1) is 12.5 Å². The van der Waals surface area contributed by atoms with Crippen molar-refractivity contribution in [3.63, 3.8) is 0 Å². The van der Waals surface area contributed by atoms with Crippen LogP contribution in [0.25, 0.3) is 0 Å². The number of ether oxygens (including phenoxy) is 1. The molecule has 0 aromatic heterocycles. The molecule has 0 radical (unpaired) electrons. The molecule has 18 heavy (non-hydrogen) atoms. The maximum Gasteiger partial charge on any atom is 0.309 e. The van der Waals surface area contributed by atoms with Crippen LogP contribution >= 0.6 is 0 Å². The van der Waals surface area contributed by atoms with Gasteiger partial charge in [-0.05, 0) is 19.9 Å². The molecule has 1 saturated heterocycles. The van der Waals surface area contributed by atoms with Gasteiger partial charge in [0.1, 0.15) is 8.24 Å². The zero-order valence-electron chi connectivity index (χ0n) is 12.5. The summed E-state index contributed by atoms with van der Waals surface area (Å²) >= 11 is 0. The summed E-state index contributed by atoms with van der Waals surface area (Å²) in [7, 11) is -1.22. The number of carbonyl (C=O) groups excluding carboxylic acids is 1. The molecule has 4 nitrogen and oxygen atoms in total. The third-order valence-electron chi connectivity index (χ3n) is 3.44. The Morgan fingerprint density at radius 2 is 2.00 bits per heavy atom. The maximum absolute atomic E-state index is 11.6. The van der Waals surface area contributed by atoms with Gasteiger partial charge in [0, 0.05) is 19.8 Å². The standard InChI is InChI=1S/C13H28N2O2Si/c1-6-17-13(16)12(2)10-14-8-7-9-15(11-14)18(3,4)5/h12H,6-11H2,1-5H3. The summed E-state index contributed by atoms with van der Waals surface area (Å²) in [5.74, 6) is -0.0887. The molecule has 0 amide bonds. The highest BCUT2D eigenvalue weighted by Crippen LogP contribution is 2.16. The summed E-state index contributed by atoms with van der Waals surface area (Å²) in [6.07, 6.45) is 1.21. The van der Waals surface area contributed by atoms with Gasteiger partial charge in [-0.1, -0.05) is 26.6 Å². The molecule has 0 aromatic carbocycles. The second-order valence-electron chi connectivity index (χ2n) is 6.16. The topological polar surface area (TPSA) is 32.8 Å². The number of nitrogens with zero attached hydrogens (tertiary/aromatic N) is 2. The lowest BCUT2D eigenvalue weighted by Gasteiger charge is -2.42.